The smallest absolute Gasteiger partial charge is 0.306 e. The Morgan fingerprint density at radius 1 is 1.23 bits per heavy atom. The lowest BCUT2D eigenvalue weighted by molar-refractivity contribution is -0.143. The Labute approximate surface area is 129 Å². The highest BCUT2D eigenvalue weighted by Gasteiger charge is 2.40. The van der Waals surface area contributed by atoms with Crippen LogP contribution in [0.1, 0.15) is 44.1 Å². The van der Waals surface area contributed by atoms with Gasteiger partial charge in [0.2, 0.25) is 5.91 Å². The molecular formula is C17H22N2O3. The summed E-state index contributed by atoms with van der Waals surface area (Å²) in [6.07, 6.45) is 4.61. The summed E-state index contributed by atoms with van der Waals surface area (Å²) in [6, 6.07) is 7.68. The van der Waals surface area contributed by atoms with Crippen LogP contribution in [0.5, 0.6) is 0 Å². The first-order chi connectivity index (χ1) is 10.5. The zero-order valence-electron chi connectivity index (χ0n) is 12.5. The Hall–Kier alpha value is -1.88. The van der Waals surface area contributed by atoms with E-state index < -0.39 is 11.9 Å². The van der Waals surface area contributed by atoms with E-state index in [1.165, 1.54) is 0 Å². The molecule has 2 aliphatic carbocycles. The lowest BCUT2D eigenvalue weighted by atomic mass is 9.81. The van der Waals surface area contributed by atoms with Crippen molar-refractivity contribution in [1.29, 1.82) is 0 Å². The van der Waals surface area contributed by atoms with E-state index in [4.69, 9.17) is 10.8 Å². The van der Waals surface area contributed by atoms with E-state index in [0.29, 0.717) is 12.8 Å². The number of hydrogen-bond donors (Lipinski definition) is 3. The maximum absolute atomic E-state index is 12.4. The van der Waals surface area contributed by atoms with E-state index in [1.807, 2.05) is 24.3 Å². The number of nitrogens with two attached hydrogens (primary N) is 1. The number of amides is 1. The summed E-state index contributed by atoms with van der Waals surface area (Å²) in [4.78, 5) is 23.5. The molecule has 1 amide bonds. The van der Waals surface area contributed by atoms with E-state index >= 15 is 0 Å². The van der Waals surface area contributed by atoms with Gasteiger partial charge in [0.25, 0.3) is 0 Å². The molecule has 3 rings (SSSR count). The van der Waals surface area contributed by atoms with Gasteiger partial charge in [-0.2, -0.15) is 0 Å². The molecule has 1 aromatic carbocycles. The molecule has 0 saturated heterocycles. The Morgan fingerprint density at radius 2 is 1.95 bits per heavy atom. The van der Waals surface area contributed by atoms with Gasteiger partial charge in [-0.05, 0) is 49.8 Å². The molecule has 1 aromatic rings. The van der Waals surface area contributed by atoms with Crippen LogP contribution < -0.4 is 11.1 Å². The topological polar surface area (TPSA) is 92.4 Å². The van der Waals surface area contributed by atoms with Crippen LogP contribution >= 0.6 is 0 Å². The van der Waals surface area contributed by atoms with Gasteiger partial charge in [0.1, 0.15) is 0 Å². The summed E-state index contributed by atoms with van der Waals surface area (Å²) in [5.41, 5.74) is 7.76. The standard InChI is InChI=1S/C17H22N2O3/c18-17(7-8-17)13-5-2-6-14(10-13)19-15(20)11-3-1-4-12(9-11)16(21)22/h2,5-6,10-12H,1,3-4,7-9,18H2,(H,19,20)(H,21,22)/t11-,12+/m1/s1. The zero-order chi connectivity index (χ0) is 15.7. The maximum atomic E-state index is 12.4. The van der Waals surface area contributed by atoms with Gasteiger partial charge in [-0.1, -0.05) is 18.6 Å². The van der Waals surface area contributed by atoms with E-state index in [-0.39, 0.29) is 17.4 Å². The third-order valence-corrected chi connectivity index (χ3v) is 4.89. The van der Waals surface area contributed by atoms with Crippen LogP contribution in [-0.2, 0) is 15.1 Å². The zero-order valence-corrected chi connectivity index (χ0v) is 12.5. The first kappa shape index (κ1) is 15.0. The molecular weight excluding hydrogens is 280 g/mol. The molecule has 0 aromatic heterocycles. The fourth-order valence-electron chi connectivity index (χ4n) is 3.23. The first-order valence-corrected chi connectivity index (χ1v) is 7.91. The number of carboxylic acid groups (broad SMARTS) is 1. The van der Waals surface area contributed by atoms with Gasteiger partial charge in [0.05, 0.1) is 5.92 Å². The molecule has 0 spiro atoms. The molecule has 2 aliphatic rings. The SMILES string of the molecule is NC1(c2cccc(NC(=O)[C@@H]3CCC[C@H](C(=O)O)C3)c2)CC1. The van der Waals surface area contributed by atoms with Crippen LogP contribution in [0.15, 0.2) is 24.3 Å². The summed E-state index contributed by atoms with van der Waals surface area (Å²) in [7, 11) is 0. The van der Waals surface area contributed by atoms with Gasteiger partial charge < -0.3 is 16.2 Å². The fourth-order valence-corrected chi connectivity index (χ4v) is 3.23. The van der Waals surface area contributed by atoms with Gasteiger partial charge in [-0.25, -0.2) is 0 Å². The Morgan fingerprint density at radius 3 is 2.64 bits per heavy atom. The Balaban J connectivity index is 1.65. The average molecular weight is 302 g/mol. The van der Waals surface area contributed by atoms with Crippen molar-refractivity contribution >= 4 is 17.6 Å². The van der Waals surface area contributed by atoms with E-state index in [1.54, 1.807) is 0 Å². The molecule has 2 atom stereocenters. The second-order valence-corrected chi connectivity index (χ2v) is 6.62. The van der Waals surface area contributed by atoms with Crippen molar-refractivity contribution in [1.82, 2.24) is 0 Å². The van der Waals surface area contributed by atoms with Gasteiger partial charge in [-0.15, -0.1) is 0 Å². The van der Waals surface area contributed by atoms with Crippen LogP contribution in [0.4, 0.5) is 5.69 Å². The number of nitrogens with one attached hydrogen (secondary N) is 1. The van der Waals surface area contributed by atoms with Gasteiger partial charge in [0.15, 0.2) is 0 Å². The molecule has 4 N–H and O–H groups in total. The lowest BCUT2D eigenvalue weighted by Crippen LogP contribution is -2.31. The van der Waals surface area contributed by atoms with Crippen LogP contribution in [0, 0.1) is 11.8 Å². The van der Waals surface area contributed by atoms with E-state index in [2.05, 4.69) is 5.32 Å². The molecule has 0 bridgehead atoms. The highest BCUT2D eigenvalue weighted by atomic mass is 16.4. The van der Waals surface area contributed by atoms with Crippen molar-refractivity contribution in [3.8, 4) is 0 Å². The van der Waals surface area contributed by atoms with Crippen molar-refractivity contribution in [2.45, 2.75) is 44.1 Å². The third kappa shape index (κ3) is 3.14. The molecule has 2 saturated carbocycles. The number of carbonyl (C=O) groups is 2. The van der Waals surface area contributed by atoms with Crippen molar-refractivity contribution in [2.24, 2.45) is 17.6 Å². The van der Waals surface area contributed by atoms with E-state index in [0.717, 1.165) is 36.9 Å². The predicted molar refractivity (Wildman–Crippen MR) is 83.3 cm³/mol. The first-order valence-electron chi connectivity index (χ1n) is 7.91. The molecule has 118 valence electrons. The molecule has 22 heavy (non-hydrogen) atoms. The maximum Gasteiger partial charge on any atom is 0.306 e. The predicted octanol–water partition coefficient (Wildman–Crippen LogP) is 2.46. The van der Waals surface area contributed by atoms with Crippen LogP contribution in [0.3, 0.4) is 0 Å². The van der Waals surface area contributed by atoms with Crippen LogP contribution in [0.2, 0.25) is 0 Å². The van der Waals surface area contributed by atoms with Crippen molar-refractivity contribution < 1.29 is 14.7 Å². The second kappa shape index (κ2) is 5.72. The normalized spacial score (nSPS) is 26.2. The molecule has 5 nitrogen and oxygen atoms in total. The number of anilines is 1. The number of aliphatic carboxylic acids is 1. The number of carbonyl (C=O) groups excluding carboxylic acids is 1. The summed E-state index contributed by atoms with van der Waals surface area (Å²) in [5.74, 6) is -1.48. The largest absolute Gasteiger partial charge is 0.481 e. The van der Waals surface area contributed by atoms with Crippen molar-refractivity contribution in [3.05, 3.63) is 29.8 Å². The second-order valence-electron chi connectivity index (χ2n) is 6.62. The quantitative estimate of drug-likeness (QED) is 0.796. The minimum atomic E-state index is -0.793. The van der Waals surface area contributed by atoms with Crippen LogP contribution in [0.25, 0.3) is 0 Å². The summed E-state index contributed by atoms with van der Waals surface area (Å²) >= 11 is 0. The highest BCUT2D eigenvalue weighted by molar-refractivity contribution is 5.93. The highest BCUT2D eigenvalue weighted by Crippen LogP contribution is 2.43. The minimum absolute atomic E-state index is 0.0787. The van der Waals surface area contributed by atoms with Crippen molar-refractivity contribution in [2.75, 3.05) is 5.32 Å². The Kier molecular flexibility index (Phi) is 3.91. The molecule has 2 fully saturated rings. The van der Waals surface area contributed by atoms with Crippen LogP contribution in [-0.4, -0.2) is 17.0 Å². The number of rotatable bonds is 4. The summed E-state index contributed by atoms with van der Waals surface area (Å²) in [5, 5.41) is 12.0. The van der Waals surface area contributed by atoms with Gasteiger partial charge in [0, 0.05) is 17.1 Å². The lowest BCUT2D eigenvalue weighted by Gasteiger charge is -2.25. The van der Waals surface area contributed by atoms with Crippen molar-refractivity contribution in [3.63, 3.8) is 0 Å². The number of benzene rings is 1. The van der Waals surface area contributed by atoms with E-state index in [9.17, 15) is 9.59 Å². The Bertz CT molecular complexity index is 595. The molecule has 0 radical (unpaired) electrons. The fraction of sp³-hybridized carbons (Fsp3) is 0.529. The summed E-state index contributed by atoms with van der Waals surface area (Å²) in [6.45, 7) is 0. The number of carboxylic acids is 1. The molecule has 0 unspecified atom stereocenters. The third-order valence-electron chi connectivity index (χ3n) is 4.89. The average Bonchev–Trinajstić information content (AvgIpc) is 3.27. The van der Waals surface area contributed by atoms with Gasteiger partial charge in [-0.3, -0.25) is 9.59 Å². The minimum Gasteiger partial charge on any atom is -0.481 e. The molecule has 0 aliphatic heterocycles. The summed E-state index contributed by atoms with van der Waals surface area (Å²) < 4.78 is 0. The monoisotopic (exact) mass is 302 g/mol. The van der Waals surface area contributed by atoms with Gasteiger partial charge >= 0.3 is 5.97 Å². The molecule has 0 heterocycles. The number of hydrogen-bond acceptors (Lipinski definition) is 3. The molecule has 5 heteroatoms.